The number of fused-ring (bicyclic) bond motifs is 1. The highest BCUT2D eigenvalue weighted by molar-refractivity contribution is 9.10. The van der Waals surface area contributed by atoms with Crippen LogP contribution >= 0.6 is 27.3 Å². The van der Waals surface area contributed by atoms with E-state index >= 15 is 0 Å². The Bertz CT molecular complexity index is 1510. The number of aromatic nitrogens is 1. The second-order valence-corrected chi connectivity index (χ2v) is 9.45. The molecule has 0 saturated carbocycles. The molecule has 2 heterocycles. The van der Waals surface area contributed by atoms with E-state index in [1.807, 2.05) is 0 Å². The van der Waals surface area contributed by atoms with Gasteiger partial charge in [0.15, 0.2) is 16.3 Å². The number of hydrogen-bond donors (Lipinski definition) is 0. The molecule has 35 heavy (non-hydrogen) atoms. The lowest BCUT2D eigenvalue weighted by Gasteiger charge is -2.26. The third-order valence-corrected chi connectivity index (χ3v) is 7.15. The number of rotatable bonds is 6. The summed E-state index contributed by atoms with van der Waals surface area (Å²) in [5.41, 5.74) is 1.64. The molecule has 0 saturated heterocycles. The van der Waals surface area contributed by atoms with E-state index in [4.69, 9.17) is 14.2 Å². The number of esters is 1. The van der Waals surface area contributed by atoms with E-state index < -0.39 is 12.0 Å². The molecule has 1 atom stereocenters. The predicted molar refractivity (Wildman–Crippen MR) is 134 cm³/mol. The topological polar surface area (TPSA) is 79.1 Å². The van der Waals surface area contributed by atoms with Crippen LogP contribution in [-0.4, -0.2) is 31.4 Å². The molecular weight excluding hydrogens is 539 g/mol. The van der Waals surface area contributed by atoms with E-state index in [2.05, 4.69) is 20.9 Å². The van der Waals surface area contributed by atoms with Crippen molar-refractivity contribution in [3.05, 3.63) is 88.8 Å². The summed E-state index contributed by atoms with van der Waals surface area (Å²) in [6, 6.07) is 8.46. The SMILES string of the molecule is CCOC(=O)C1=C(C)N=c2s/c(=C\c3ccc(F)cc3)c(=O)n2[C@@H]1c1cc(OC)c(OC)cc1Br. The van der Waals surface area contributed by atoms with Crippen molar-refractivity contribution in [2.24, 2.45) is 4.99 Å². The minimum absolute atomic E-state index is 0.171. The molecule has 0 unspecified atom stereocenters. The quantitative estimate of drug-likeness (QED) is 0.429. The minimum atomic E-state index is -0.824. The molecule has 0 N–H and O–H groups in total. The molecule has 1 aliphatic rings. The summed E-state index contributed by atoms with van der Waals surface area (Å²) in [6.07, 6.45) is 1.67. The van der Waals surface area contributed by atoms with Gasteiger partial charge in [0.05, 0.1) is 42.7 Å². The van der Waals surface area contributed by atoms with Gasteiger partial charge in [0.2, 0.25) is 0 Å². The van der Waals surface area contributed by atoms with E-state index in [0.717, 1.165) is 0 Å². The molecular formula is C25H22BrFN2O5S. The number of benzene rings is 2. The van der Waals surface area contributed by atoms with Gasteiger partial charge in [-0.3, -0.25) is 9.36 Å². The van der Waals surface area contributed by atoms with Crippen molar-refractivity contribution in [2.45, 2.75) is 19.9 Å². The summed E-state index contributed by atoms with van der Waals surface area (Å²) >= 11 is 4.76. The summed E-state index contributed by atoms with van der Waals surface area (Å²) in [5.74, 6) is 0.00657. The van der Waals surface area contributed by atoms with Crippen molar-refractivity contribution >= 4 is 39.3 Å². The lowest BCUT2D eigenvalue weighted by molar-refractivity contribution is -0.139. The Morgan fingerprint density at radius 1 is 1.20 bits per heavy atom. The van der Waals surface area contributed by atoms with Crippen LogP contribution in [0.4, 0.5) is 4.39 Å². The number of carbonyl (C=O) groups is 1. The van der Waals surface area contributed by atoms with Gasteiger partial charge in [-0.1, -0.05) is 39.4 Å². The molecule has 4 rings (SSSR count). The Balaban J connectivity index is 2.01. The molecule has 0 fully saturated rings. The molecule has 1 aromatic heterocycles. The maximum atomic E-state index is 13.7. The molecule has 1 aliphatic heterocycles. The first-order chi connectivity index (χ1) is 16.8. The van der Waals surface area contributed by atoms with Gasteiger partial charge in [-0.15, -0.1) is 0 Å². The van der Waals surface area contributed by atoms with Gasteiger partial charge < -0.3 is 14.2 Å². The number of halogens is 2. The van der Waals surface area contributed by atoms with Crippen LogP contribution in [0.15, 0.2) is 61.9 Å². The fourth-order valence-corrected chi connectivity index (χ4v) is 5.46. The normalized spacial score (nSPS) is 15.5. The van der Waals surface area contributed by atoms with Gasteiger partial charge in [0.25, 0.3) is 5.56 Å². The van der Waals surface area contributed by atoms with Gasteiger partial charge in [-0.25, -0.2) is 14.2 Å². The summed E-state index contributed by atoms with van der Waals surface area (Å²) in [6.45, 7) is 3.60. The minimum Gasteiger partial charge on any atom is -0.493 e. The van der Waals surface area contributed by atoms with Gasteiger partial charge in [0, 0.05) is 4.47 Å². The maximum Gasteiger partial charge on any atom is 0.338 e. The van der Waals surface area contributed by atoms with Crippen LogP contribution < -0.4 is 24.4 Å². The zero-order valence-corrected chi connectivity index (χ0v) is 21.8. The number of hydrogen-bond acceptors (Lipinski definition) is 7. The number of allylic oxidation sites excluding steroid dienone is 1. The van der Waals surface area contributed by atoms with Crippen molar-refractivity contribution in [3.8, 4) is 11.5 Å². The van der Waals surface area contributed by atoms with Crippen molar-refractivity contribution in [1.82, 2.24) is 4.57 Å². The van der Waals surface area contributed by atoms with E-state index in [9.17, 15) is 14.0 Å². The first-order valence-corrected chi connectivity index (χ1v) is 12.3. The van der Waals surface area contributed by atoms with Crippen LogP contribution in [0.2, 0.25) is 0 Å². The van der Waals surface area contributed by atoms with E-state index in [0.29, 0.717) is 42.1 Å². The largest absolute Gasteiger partial charge is 0.493 e. The molecule has 182 valence electrons. The van der Waals surface area contributed by atoms with Crippen molar-refractivity contribution in [1.29, 1.82) is 0 Å². The first kappa shape index (κ1) is 24.9. The highest BCUT2D eigenvalue weighted by Crippen LogP contribution is 2.40. The lowest BCUT2D eigenvalue weighted by Crippen LogP contribution is -2.40. The fraction of sp³-hybridized carbons (Fsp3) is 0.240. The third-order valence-electron chi connectivity index (χ3n) is 5.48. The Labute approximate surface area is 212 Å². The van der Waals surface area contributed by atoms with Gasteiger partial charge in [-0.2, -0.15) is 0 Å². The second-order valence-electron chi connectivity index (χ2n) is 7.58. The average Bonchev–Trinajstić information content (AvgIpc) is 3.14. The van der Waals surface area contributed by atoms with Crippen molar-refractivity contribution in [3.63, 3.8) is 0 Å². The fourth-order valence-electron chi connectivity index (χ4n) is 3.88. The standard InChI is InChI=1S/C25H22BrFN2O5S/c1-5-34-24(31)21-13(2)28-25-29(22(21)16-11-18(32-3)19(33-4)12-17(16)26)23(30)20(35-25)10-14-6-8-15(27)9-7-14/h6-12,22H,5H2,1-4H3/b20-10-/t22-/m1/s1. The van der Waals surface area contributed by atoms with Crippen LogP contribution in [0.25, 0.3) is 6.08 Å². The molecule has 0 radical (unpaired) electrons. The zero-order valence-electron chi connectivity index (χ0n) is 19.4. The molecule has 0 bridgehead atoms. The van der Waals surface area contributed by atoms with Crippen LogP contribution in [0.3, 0.4) is 0 Å². The summed E-state index contributed by atoms with van der Waals surface area (Å²) in [5, 5.41) is 0. The van der Waals surface area contributed by atoms with Crippen LogP contribution in [-0.2, 0) is 9.53 Å². The Kier molecular flexibility index (Phi) is 7.23. The predicted octanol–water partition coefficient (Wildman–Crippen LogP) is 3.72. The molecule has 0 spiro atoms. The number of ether oxygens (including phenoxy) is 3. The molecule has 10 heteroatoms. The number of nitrogens with zero attached hydrogens (tertiary/aromatic N) is 2. The van der Waals surface area contributed by atoms with E-state index in [1.165, 1.54) is 42.3 Å². The number of methoxy groups -OCH3 is 2. The molecule has 0 aliphatic carbocycles. The highest BCUT2D eigenvalue weighted by atomic mass is 79.9. The van der Waals surface area contributed by atoms with Crippen molar-refractivity contribution < 1.29 is 23.4 Å². The second kappa shape index (κ2) is 10.2. The molecule has 3 aromatic rings. The smallest absolute Gasteiger partial charge is 0.338 e. The summed E-state index contributed by atoms with van der Waals surface area (Å²) in [7, 11) is 3.04. The first-order valence-electron chi connectivity index (χ1n) is 10.7. The monoisotopic (exact) mass is 560 g/mol. The van der Waals surface area contributed by atoms with E-state index in [-0.39, 0.29) is 23.6 Å². The Morgan fingerprint density at radius 2 is 1.86 bits per heavy atom. The summed E-state index contributed by atoms with van der Waals surface area (Å²) in [4.78, 5) is 31.7. The Morgan fingerprint density at radius 3 is 2.49 bits per heavy atom. The van der Waals surface area contributed by atoms with E-state index in [1.54, 1.807) is 44.2 Å². The van der Waals surface area contributed by atoms with Gasteiger partial charge in [-0.05, 0) is 55.3 Å². The lowest BCUT2D eigenvalue weighted by atomic mass is 9.95. The third kappa shape index (κ3) is 4.68. The van der Waals surface area contributed by atoms with Crippen LogP contribution in [0.1, 0.15) is 31.0 Å². The number of carbonyl (C=O) groups excluding carboxylic acids is 1. The Hall–Kier alpha value is -3.24. The number of thiazole rings is 1. The highest BCUT2D eigenvalue weighted by Gasteiger charge is 2.35. The van der Waals surface area contributed by atoms with Gasteiger partial charge in [0.1, 0.15) is 5.82 Å². The molecule has 2 aromatic carbocycles. The van der Waals surface area contributed by atoms with Crippen LogP contribution in [0, 0.1) is 5.82 Å². The van der Waals surface area contributed by atoms with Gasteiger partial charge >= 0.3 is 5.97 Å². The molecule has 0 amide bonds. The van der Waals surface area contributed by atoms with Crippen LogP contribution in [0.5, 0.6) is 11.5 Å². The molecule has 7 nitrogen and oxygen atoms in total. The maximum absolute atomic E-state index is 13.7. The summed E-state index contributed by atoms with van der Waals surface area (Å²) < 4.78 is 32.0. The average molecular weight is 561 g/mol. The zero-order chi connectivity index (χ0) is 25.3. The van der Waals surface area contributed by atoms with Crippen molar-refractivity contribution in [2.75, 3.05) is 20.8 Å².